The summed E-state index contributed by atoms with van der Waals surface area (Å²) < 4.78 is 32.9. The maximum Gasteiger partial charge on any atom is 0.349 e. The molecule has 0 aliphatic rings. The normalized spacial score (nSPS) is 14.5. The SMILES string of the molecule is COc1ccc(C(F)(F)C(=O)NC(C)C(C)CO)cc1. The molecule has 6 heteroatoms. The number of amides is 1. The van der Waals surface area contributed by atoms with Gasteiger partial charge in [-0.2, -0.15) is 8.78 Å². The number of hydrogen-bond donors (Lipinski definition) is 2. The highest BCUT2D eigenvalue weighted by Gasteiger charge is 2.41. The zero-order valence-electron chi connectivity index (χ0n) is 11.7. The zero-order valence-corrected chi connectivity index (χ0v) is 11.7. The molecule has 2 N–H and O–H groups in total. The van der Waals surface area contributed by atoms with E-state index >= 15 is 0 Å². The van der Waals surface area contributed by atoms with E-state index in [1.807, 2.05) is 0 Å². The Morgan fingerprint density at radius 2 is 1.90 bits per heavy atom. The highest BCUT2D eigenvalue weighted by Crippen LogP contribution is 2.29. The predicted molar refractivity (Wildman–Crippen MR) is 70.7 cm³/mol. The first-order valence-electron chi connectivity index (χ1n) is 6.27. The molecule has 2 unspecified atom stereocenters. The van der Waals surface area contributed by atoms with Gasteiger partial charge in [-0.05, 0) is 37.1 Å². The molecule has 0 spiro atoms. The highest BCUT2D eigenvalue weighted by molar-refractivity contribution is 5.85. The van der Waals surface area contributed by atoms with E-state index in [1.165, 1.54) is 19.2 Å². The molecule has 0 fully saturated rings. The minimum atomic E-state index is -3.63. The van der Waals surface area contributed by atoms with Crippen molar-refractivity contribution >= 4 is 5.91 Å². The van der Waals surface area contributed by atoms with Crippen LogP contribution in [0.5, 0.6) is 5.75 Å². The number of rotatable bonds is 6. The Kier molecular flexibility index (Phi) is 5.44. The number of hydrogen-bond acceptors (Lipinski definition) is 3. The van der Waals surface area contributed by atoms with E-state index in [4.69, 9.17) is 9.84 Å². The summed E-state index contributed by atoms with van der Waals surface area (Å²) in [5, 5.41) is 11.2. The van der Waals surface area contributed by atoms with Crippen LogP contribution in [-0.4, -0.2) is 30.8 Å². The van der Waals surface area contributed by atoms with E-state index in [9.17, 15) is 13.6 Å². The van der Waals surface area contributed by atoms with Gasteiger partial charge < -0.3 is 15.2 Å². The average molecular weight is 287 g/mol. The van der Waals surface area contributed by atoms with Crippen LogP contribution in [0.25, 0.3) is 0 Å². The van der Waals surface area contributed by atoms with E-state index in [0.29, 0.717) is 5.75 Å². The topological polar surface area (TPSA) is 58.6 Å². The first-order chi connectivity index (χ1) is 9.32. The Balaban J connectivity index is 2.83. The monoisotopic (exact) mass is 287 g/mol. The van der Waals surface area contributed by atoms with Crippen LogP contribution in [0.4, 0.5) is 8.78 Å². The van der Waals surface area contributed by atoms with Gasteiger partial charge in [0.1, 0.15) is 5.75 Å². The quantitative estimate of drug-likeness (QED) is 0.840. The van der Waals surface area contributed by atoms with E-state index in [1.54, 1.807) is 13.8 Å². The second-order valence-electron chi connectivity index (χ2n) is 4.72. The number of carbonyl (C=O) groups excluding carboxylic acids is 1. The standard InChI is InChI=1S/C14H19F2NO3/c1-9(8-18)10(2)17-13(19)14(15,16)11-4-6-12(20-3)7-5-11/h4-7,9-10,18H,8H2,1-3H3,(H,17,19). The van der Waals surface area contributed by atoms with Gasteiger partial charge in [0.15, 0.2) is 0 Å². The molecule has 0 aliphatic carbocycles. The van der Waals surface area contributed by atoms with Crippen molar-refractivity contribution < 1.29 is 23.4 Å². The van der Waals surface area contributed by atoms with E-state index in [0.717, 1.165) is 12.1 Å². The fourth-order valence-electron chi connectivity index (χ4n) is 1.53. The molecule has 0 aliphatic heterocycles. The van der Waals surface area contributed by atoms with Crippen LogP contribution in [0.3, 0.4) is 0 Å². The fourth-order valence-corrected chi connectivity index (χ4v) is 1.53. The molecular formula is C14H19F2NO3. The molecule has 0 saturated carbocycles. The molecule has 1 aromatic carbocycles. The van der Waals surface area contributed by atoms with Gasteiger partial charge in [-0.25, -0.2) is 0 Å². The Morgan fingerprint density at radius 1 is 1.35 bits per heavy atom. The predicted octanol–water partition coefficient (Wildman–Crippen LogP) is 1.92. The van der Waals surface area contributed by atoms with Crippen LogP contribution in [0.1, 0.15) is 19.4 Å². The number of alkyl halides is 2. The van der Waals surface area contributed by atoms with Crippen LogP contribution in [0.2, 0.25) is 0 Å². The van der Waals surface area contributed by atoms with E-state index in [-0.39, 0.29) is 12.5 Å². The summed E-state index contributed by atoms with van der Waals surface area (Å²) in [6, 6.07) is 4.50. The van der Waals surface area contributed by atoms with Gasteiger partial charge in [-0.3, -0.25) is 4.79 Å². The summed E-state index contributed by atoms with van der Waals surface area (Å²) in [5.74, 6) is -4.87. The molecule has 4 nitrogen and oxygen atoms in total. The number of ether oxygens (including phenoxy) is 1. The van der Waals surface area contributed by atoms with Gasteiger partial charge in [0, 0.05) is 18.2 Å². The van der Waals surface area contributed by atoms with Crippen molar-refractivity contribution in [3.63, 3.8) is 0 Å². The number of aliphatic hydroxyl groups is 1. The number of benzene rings is 1. The molecule has 0 radical (unpaired) electrons. The molecule has 1 amide bonds. The molecule has 2 atom stereocenters. The Bertz CT molecular complexity index is 448. The van der Waals surface area contributed by atoms with Crippen molar-refractivity contribution in [1.29, 1.82) is 0 Å². The third-order valence-corrected chi connectivity index (χ3v) is 3.24. The lowest BCUT2D eigenvalue weighted by Crippen LogP contribution is -2.45. The lowest BCUT2D eigenvalue weighted by molar-refractivity contribution is -0.148. The number of carbonyl (C=O) groups is 1. The minimum absolute atomic E-state index is 0.185. The van der Waals surface area contributed by atoms with Gasteiger partial charge in [0.25, 0.3) is 5.91 Å². The lowest BCUT2D eigenvalue weighted by atomic mass is 10.0. The molecular weight excluding hydrogens is 268 g/mol. The van der Waals surface area contributed by atoms with Crippen LogP contribution in [0.15, 0.2) is 24.3 Å². The van der Waals surface area contributed by atoms with Crippen molar-refractivity contribution in [3.8, 4) is 5.75 Å². The molecule has 0 saturated heterocycles. The Morgan fingerprint density at radius 3 is 2.35 bits per heavy atom. The molecule has 0 aromatic heterocycles. The van der Waals surface area contributed by atoms with Crippen molar-refractivity contribution in [3.05, 3.63) is 29.8 Å². The summed E-state index contributed by atoms with van der Waals surface area (Å²) in [4.78, 5) is 11.7. The lowest BCUT2D eigenvalue weighted by Gasteiger charge is -2.23. The minimum Gasteiger partial charge on any atom is -0.497 e. The fraction of sp³-hybridized carbons (Fsp3) is 0.500. The van der Waals surface area contributed by atoms with Gasteiger partial charge in [0.2, 0.25) is 0 Å². The van der Waals surface area contributed by atoms with Crippen molar-refractivity contribution in [2.24, 2.45) is 5.92 Å². The first kappa shape index (κ1) is 16.4. The number of halogens is 2. The molecule has 1 rings (SSSR count). The number of nitrogens with one attached hydrogen (secondary N) is 1. The van der Waals surface area contributed by atoms with Gasteiger partial charge in [-0.1, -0.05) is 6.92 Å². The third kappa shape index (κ3) is 3.66. The van der Waals surface area contributed by atoms with Gasteiger partial charge in [0.05, 0.1) is 7.11 Å². The molecule has 20 heavy (non-hydrogen) atoms. The van der Waals surface area contributed by atoms with Crippen LogP contribution >= 0.6 is 0 Å². The average Bonchev–Trinajstić information content (AvgIpc) is 2.46. The molecule has 0 heterocycles. The van der Waals surface area contributed by atoms with Gasteiger partial charge >= 0.3 is 5.92 Å². The van der Waals surface area contributed by atoms with Crippen LogP contribution in [-0.2, 0) is 10.7 Å². The molecule has 112 valence electrons. The van der Waals surface area contributed by atoms with E-state index in [2.05, 4.69) is 5.32 Å². The molecule has 0 bridgehead atoms. The molecule has 1 aromatic rings. The number of methoxy groups -OCH3 is 1. The van der Waals surface area contributed by atoms with Crippen LogP contribution in [0, 0.1) is 5.92 Å². The van der Waals surface area contributed by atoms with Crippen molar-refractivity contribution in [2.75, 3.05) is 13.7 Å². The van der Waals surface area contributed by atoms with Crippen molar-refractivity contribution in [1.82, 2.24) is 5.32 Å². The van der Waals surface area contributed by atoms with Crippen molar-refractivity contribution in [2.45, 2.75) is 25.8 Å². The second kappa shape index (κ2) is 6.65. The number of aliphatic hydroxyl groups excluding tert-OH is 1. The Hall–Kier alpha value is -1.69. The zero-order chi connectivity index (χ0) is 15.3. The summed E-state index contributed by atoms with van der Waals surface area (Å²) in [5.41, 5.74) is -0.403. The third-order valence-electron chi connectivity index (χ3n) is 3.24. The maximum absolute atomic E-state index is 14.0. The largest absolute Gasteiger partial charge is 0.497 e. The first-order valence-corrected chi connectivity index (χ1v) is 6.27. The summed E-state index contributed by atoms with van der Waals surface area (Å²) in [6.45, 7) is 3.05. The summed E-state index contributed by atoms with van der Waals surface area (Å²) in [7, 11) is 1.43. The summed E-state index contributed by atoms with van der Waals surface area (Å²) in [6.07, 6.45) is 0. The summed E-state index contributed by atoms with van der Waals surface area (Å²) >= 11 is 0. The van der Waals surface area contributed by atoms with E-state index < -0.39 is 23.4 Å². The highest BCUT2D eigenvalue weighted by atomic mass is 19.3. The van der Waals surface area contributed by atoms with Crippen LogP contribution < -0.4 is 10.1 Å². The smallest absolute Gasteiger partial charge is 0.349 e. The second-order valence-corrected chi connectivity index (χ2v) is 4.72. The maximum atomic E-state index is 14.0. The Labute approximate surface area is 116 Å². The van der Waals surface area contributed by atoms with Gasteiger partial charge in [-0.15, -0.1) is 0 Å².